The summed E-state index contributed by atoms with van der Waals surface area (Å²) in [6.45, 7) is 5.96. The SMILES string of the molecule is Cc1cc(C)c(S(=O)(=O)Nc2nn(Cc3ccccc3Cl)cc2Br)c(C)c1. The van der Waals surface area contributed by atoms with Crippen LogP contribution >= 0.6 is 27.5 Å². The van der Waals surface area contributed by atoms with Crippen molar-refractivity contribution in [1.82, 2.24) is 9.78 Å². The van der Waals surface area contributed by atoms with Crippen LogP contribution in [0, 0.1) is 20.8 Å². The number of hydrogen-bond acceptors (Lipinski definition) is 3. The zero-order valence-corrected chi connectivity index (χ0v) is 18.3. The molecule has 5 nitrogen and oxygen atoms in total. The Balaban J connectivity index is 1.90. The van der Waals surface area contributed by atoms with Crippen LogP contribution in [-0.2, 0) is 16.6 Å². The summed E-state index contributed by atoms with van der Waals surface area (Å²) in [6, 6.07) is 11.2. The maximum absolute atomic E-state index is 12.9. The Bertz CT molecular complexity index is 1090. The number of aryl methyl sites for hydroxylation is 3. The molecule has 0 spiro atoms. The van der Waals surface area contributed by atoms with Crippen molar-refractivity contribution in [1.29, 1.82) is 0 Å². The molecule has 0 fully saturated rings. The Morgan fingerprint density at radius 1 is 1.15 bits per heavy atom. The Kier molecular flexibility index (Phi) is 5.65. The van der Waals surface area contributed by atoms with Gasteiger partial charge in [-0.05, 0) is 59.5 Å². The van der Waals surface area contributed by atoms with Crippen LogP contribution in [0.25, 0.3) is 0 Å². The number of rotatable bonds is 5. The molecule has 0 aliphatic heterocycles. The minimum Gasteiger partial charge on any atom is -0.265 e. The standard InChI is InChI=1S/C19H19BrClN3O2S/c1-12-8-13(2)18(14(3)9-12)27(25,26)23-19-16(20)11-24(22-19)10-15-6-4-5-7-17(15)21/h4-9,11H,10H2,1-3H3,(H,22,23). The second-order valence-electron chi connectivity index (χ2n) is 6.45. The molecule has 0 saturated heterocycles. The quantitative estimate of drug-likeness (QED) is 0.568. The molecule has 1 N–H and O–H groups in total. The molecule has 2 aromatic carbocycles. The summed E-state index contributed by atoms with van der Waals surface area (Å²) in [7, 11) is -3.76. The van der Waals surface area contributed by atoms with E-state index in [0.29, 0.717) is 27.2 Å². The highest BCUT2D eigenvalue weighted by molar-refractivity contribution is 9.10. The lowest BCUT2D eigenvalue weighted by atomic mass is 10.1. The maximum atomic E-state index is 12.9. The Morgan fingerprint density at radius 3 is 2.41 bits per heavy atom. The van der Waals surface area contributed by atoms with Crippen molar-refractivity contribution in [3.63, 3.8) is 0 Å². The molecule has 0 aliphatic rings. The van der Waals surface area contributed by atoms with Crippen LogP contribution in [-0.4, -0.2) is 18.2 Å². The normalized spacial score (nSPS) is 11.6. The molecule has 0 unspecified atom stereocenters. The fourth-order valence-corrected chi connectivity index (χ4v) is 5.33. The van der Waals surface area contributed by atoms with Gasteiger partial charge in [0.25, 0.3) is 10.0 Å². The van der Waals surface area contributed by atoms with Gasteiger partial charge in [-0.25, -0.2) is 8.42 Å². The zero-order chi connectivity index (χ0) is 19.8. The monoisotopic (exact) mass is 467 g/mol. The lowest BCUT2D eigenvalue weighted by molar-refractivity contribution is 0.599. The third-order valence-electron chi connectivity index (χ3n) is 4.11. The summed E-state index contributed by atoms with van der Waals surface area (Å²) in [5, 5.41) is 4.99. The average molecular weight is 469 g/mol. The molecular formula is C19H19BrClN3O2S. The Labute approximate surface area is 172 Å². The minimum atomic E-state index is -3.76. The summed E-state index contributed by atoms with van der Waals surface area (Å²) < 4.78 is 30.6. The van der Waals surface area contributed by atoms with Crippen LogP contribution in [0.15, 0.2) is 52.0 Å². The molecule has 1 aromatic heterocycles. The first-order chi connectivity index (χ1) is 12.7. The first-order valence-electron chi connectivity index (χ1n) is 8.24. The summed E-state index contributed by atoms with van der Waals surface area (Å²) >= 11 is 9.57. The summed E-state index contributed by atoms with van der Waals surface area (Å²) in [5.74, 6) is 0.237. The third kappa shape index (κ3) is 4.36. The molecule has 142 valence electrons. The fourth-order valence-electron chi connectivity index (χ4n) is 3.12. The van der Waals surface area contributed by atoms with Crippen LogP contribution in [0.4, 0.5) is 5.82 Å². The molecule has 0 saturated carbocycles. The van der Waals surface area contributed by atoms with Crippen LogP contribution in [0.3, 0.4) is 0 Å². The van der Waals surface area contributed by atoms with E-state index in [2.05, 4.69) is 25.8 Å². The topological polar surface area (TPSA) is 64.0 Å². The molecule has 0 radical (unpaired) electrons. The van der Waals surface area contributed by atoms with E-state index in [1.165, 1.54) is 0 Å². The van der Waals surface area contributed by atoms with E-state index in [-0.39, 0.29) is 10.7 Å². The van der Waals surface area contributed by atoms with Gasteiger partial charge < -0.3 is 0 Å². The van der Waals surface area contributed by atoms with Crippen LogP contribution in [0.1, 0.15) is 22.3 Å². The van der Waals surface area contributed by atoms with Gasteiger partial charge in [-0.15, -0.1) is 0 Å². The smallest absolute Gasteiger partial charge is 0.263 e. The zero-order valence-electron chi connectivity index (χ0n) is 15.1. The summed E-state index contributed by atoms with van der Waals surface area (Å²) in [5.41, 5.74) is 3.32. The van der Waals surface area contributed by atoms with Crippen molar-refractivity contribution in [2.75, 3.05) is 4.72 Å². The lowest BCUT2D eigenvalue weighted by Crippen LogP contribution is -2.17. The summed E-state index contributed by atoms with van der Waals surface area (Å²) in [4.78, 5) is 0.278. The van der Waals surface area contributed by atoms with Crippen molar-refractivity contribution < 1.29 is 8.42 Å². The number of nitrogens with one attached hydrogen (secondary N) is 1. The highest BCUT2D eigenvalue weighted by Gasteiger charge is 2.22. The molecule has 1 heterocycles. The molecule has 0 bridgehead atoms. The van der Waals surface area contributed by atoms with E-state index in [1.54, 1.807) is 24.7 Å². The first-order valence-corrected chi connectivity index (χ1v) is 10.9. The number of hydrogen-bond donors (Lipinski definition) is 1. The van der Waals surface area contributed by atoms with Gasteiger partial charge in [0, 0.05) is 11.2 Å². The van der Waals surface area contributed by atoms with E-state index < -0.39 is 10.0 Å². The molecule has 0 amide bonds. The predicted octanol–water partition coefficient (Wildman–Crippen LogP) is 5.07. The molecule has 3 rings (SSSR count). The Morgan fingerprint density at radius 2 is 1.78 bits per heavy atom. The minimum absolute atomic E-state index is 0.237. The number of halogens is 2. The lowest BCUT2D eigenvalue weighted by Gasteiger charge is -2.13. The summed E-state index contributed by atoms with van der Waals surface area (Å²) in [6.07, 6.45) is 1.72. The highest BCUT2D eigenvalue weighted by atomic mass is 79.9. The van der Waals surface area contributed by atoms with Gasteiger partial charge in [-0.2, -0.15) is 5.10 Å². The van der Waals surface area contributed by atoms with E-state index in [9.17, 15) is 8.42 Å². The Hall–Kier alpha value is -1.83. The average Bonchev–Trinajstić information content (AvgIpc) is 2.87. The largest absolute Gasteiger partial charge is 0.265 e. The van der Waals surface area contributed by atoms with Crippen molar-refractivity contribution in [2.45, 2.75) is 32.2 Å². The third-order valence-corrected chi connectivity index (χ3v) is 6.70. The van der Waals surface area contributed by atoms with Crippen LogP contribution in [0.2, 0.25) is 5.02 Å². The van der Waals surface area contributed by atoms with Gasteiger partial charge in [-0.1, -0.05) is 47.5 Å². The second kappa shape index (κ2) is 7.66. The maximum Gasteiger partial charge on any atom is 0.263 e. The van der Waals surface area contributed by atoms with Crippen LogP contribution < -0.4 is 4.72 Å². The molecule has 0 aliphatic carbocycles. The first kappa shape index (κ1) is 19.9. The highest BCUT2D eigenvalue weighted by Crippen LogP contribution is 2.28. The predicted molar refractivity (Wildman–Crippen MR) is 112 cm³/mol. The molecule has 3 aromatic rings. The number of aromatic nitrogens is 2. The van der Waals surface area contributed by atoms with E-state index in [4.69, 9.17) is 11.6 Å². The molecule has 0 atom stereocenters. The van der Waals surface area contributed by atoms with Crippen molar-refractivity contribution in [3.8, 4) is 0 Å². The van der Waals surface area contributed by atoms with Gasteiger partial charge in [0.2, 0.25) is 0 Å². The molecular weight excluding hydrogens is 450 g/mol. The number of nitrogens with zero attached hydrogens (tertiary/aromatic N) is 2. The van der Waals surface area contributed by atoms with Gasteiger partial charge in [0.05, 0.1) is 15.9 Å². The number of benzene rings is 2. The van der Waals surface area contributed by atoms with Gasteiger partial charge in [0.1, 0.15) is 0 Å². The number of sulfonamides is 1. The van der Waals surface area contributed by atoms with Crippen molar-refractivity contribution in [3.05, 3.63) is 74.3 Å². The fraction of sp³-hybridized carbons (Fsp3) is 0.211. The molecule has 27 heavy (non-hydrogen) atoms. The van der Waals surface area contributed by atoms with Crippen molar-refractivity contribution in [2.24, 2.45) is 0 Å². The molecule has 8 heteroatoms. The van der Waals surface area contributed by atoms with Crippen LogP contribution in [0.5, 0.6) is 0 Å². The van der Waals surface area contributed by atoms with E-state index in [1.807, 2.05) is 43.3 Å². The second-order valence-corrected chi connectivity index (χ2v) is 9.33. The van der Waals surface area contributed by atoms with E-state index in [0.717, 1.165) is 11.1 Å². The van der Waals surface area contributed by atoms with Gasteiger partial charge in [0.15, 0.2) is 5.82 Å². The van der Waals surface area contributed by atoms with Gasteiger partial charge in [-0.3, -0.25) is 9.40 Å². The van der Waals surface area contributed by atoms with Gasteiger partial charge >= 0.3 is 0 Å². The van der Waals surface area contributed by atoms with E-state index >= 15 is 0 Å². The van der Waals surface area contributed by atoms with Crippen molar-refractivity contribution >= 4 is 43.4 Å². The number of anilines is 1.